The van der Waals surface area contributed by atoms with Crippen LogP contribution in [-0.4, -0.2) is 14.9 Å². The van der Waals surface area contributed by atoms with Crippen molar-refractivity contribution in [1.29, 1.82) is 0 Å². The third kappa shape index (κ3) is 5.49. The minimum absolute atomic E-state index is 0.0389. The van der Waals surface area contributed by atoms with Gasteiger partial charge in [0.05, 0.1) is 22.7 Å². The molecule has 1 heterocycles. The molecule has 1 aliphatic rings. The molecule has 4 nitrogen and oxygen atoms in total. The molecule has 2 N–H and O–H groups in total. The molecule has 5 heteroatoms. The molecular formula is C30H29N3OS. The van der Waals surface area contributed by atoms with E-state index < -0.39 is 11.0 Å². The SMILES string of the molecule is CCS(=O)NCc1ccc2c(c1)C(NCc1ccccc1)c1cc(-c3ccccc3)cnc1C=C2. The monoisotopic (exact) mass is 479 g/mol. The van der Waals surface area contributed by atoms with E-state index in [9.17, 15) is 4.21 Å². The fourth-order valence-corrected chi connectivity index (χ4v) is 4.96. The normalized spacial score (nSPS) is 15.2. The molecule has 5 rings (SSSR count). The van der Waals surface area contributed by atoms with Crippen LogP contribution in [0.3, 0.4) is 0 Å². The summed E-state index contributed by atoms with van der Waals surface area (Å²) in [5.41, 5.74) is 9.08. The first-order chi connectivity index (χ1) is 17.2. The summed E-state index contributed by atoms with van der Waals surface area (Å²) in [5.74, 6) is 0.593. The molecule has 176 valence electrons. The molecule has 35 heavy (non-hydrogen) atoms. The zero-order chi connectivity index (χ0) is 24.0. The van der Waals surface area contributed by atoms with E-state index in [0.29, 0.717) is 12.3 Å². The first-order valence-corrected chi connectivity index (χ1v) is 13.3. The summed E-state index contributed by atoms with van der Waals surface area (Å²) < 4.78 is 15.1. The molecule has 2 atom stereocenters. The number of nitrogens with one attached hydrogen (secondary N) is 2. The second-order valence-electron chi connectivity index (χ2n) is 8.62. The standard InChI is InChI=1S/C30H29N3OS/c1-2-35(34)33-20-23-13-14-25-15-16-29-28(18-26(21-31-29)24-11-7-4-8-12-24)30(27(25)17-23)32-19-22-9-5-3-6-10-22/h3-18,21,30,32-33H,2,19-20H2,1H3. The number of benzene rings is 3. The molecular weight excluding hydrogens is 450 g/mol. The van der Waals surface area contributed by atoms with Crippen molar-refractivity contribution in [3.63, 3.8) is 0 Å². The largest absolute Gasteiger partial charge is 0.302 e. The Balaban J connectivity index is 1.56. The molecule has 2 unspecified atom stereocenters. The fraction of sp³-hybridized carbons (Fsp3) is 0.167. The lowest BCUT2D eigenvalue weighted by molar-refractivity contribution is 0.602. The van der Waals surface area contributed by atoms with Crippen LogP contribution in [-0.2, 0) is 24.1 Å². The molecule has 0 fully saturated rings. The lowest BCUT2D eigenvalue weighted by Gasteiger charge is -2.23. The van der Waals surface area contributed by atoms with Crippen LogP contribution in [0.5, 0.6) is 0 Å². The highest BCUT2D eigenvalue weighted by Gasteiger charge is 2.23. The van der Waals surface area contributed by atoms with Crippen LogP contribution in [0, 0.1) is 0 Å². The minimum atomic E-state index is -1.02. The molecule has 1 aromatic heterocycles. The number of hydrogen-bond donors (Lipinski definition) is 2. The maximum absolute atomic E-state index is 12.0. The lowest BCUT2D eigenvalue weighted by Crippen LogP contribution is -2.24. The molecule has 0 saturated carbocycles. The van der Waals surface area contributed by atoms with Gasteiger partial charge in [0.2, 0.25) is 0 Å². The van der Waals surface area contributed by atoms with Gasteiger partial charge in [-0.1, -0.05) is 91.9 Å². The summed E-state index contributed by atoms with van der Waals surface area (Å²) in [6.07, 6.45) is 6.21. The number of rotatable bonds is 8. The molecule has 0 amide bonds. The molecule has 3 aromatic carbocycles. The highest BCUT2D eigenvalue weighted by Crippen LogP contribution is 2.35. The van der Waals surface area contributed by atoms with Crippen molar-refractivity contribution in [2.75, 3.05) is 5.75 Å². The third-order valence-electron chi connectivity index (χ3n) is 6.30. The lowest BCUT2D eigenvalue weighted by atomic mass is 9.92. The van der Waals surface area contributed by atoms with Crippen molar-refractivity contribution >= 4 is 23.1 Å². The minimum Gasteiger partial charge on any atom is -0.302 e. The molecule has 0 saturated heterocycles. The van der Waals surface area contributed by atoms with Gasteiger partial charge in [-0.25, -0.2) is 8.93 Å². The van der Waals surface area contributed by atoms with Gasteiger partial charge >= 0.3 is 0 Å². The second-order valence-corrected chi connectivity index (χ2v) is 10.2. The van der Waals surface area contributed by atoms with Gasteiger partial charge in [0.25, 0.3) is 0 Å². The van der Waals surface area contributed by atoms with E-state index in [4.69, 9.17) is 4.98 Å². The van der Waals surface area contributed by atoms with Gasteiger partial charge in [-0.15, -0.1) is 0 Å². The summed E-state index contributed by atoms with van der Waals surface area (Å²) in [6.45, 7) is 3.23. The molecule has 4 aromatic rings. The molecule has 0 spiro atoms. The Morgan fingerprint density at radius 2 is 1.57 bits per heavy atom. The summed E-state index contributed by atoms with van der Waals surface area (Å²) in [6, 6.07) is 29.6. The van der Waals surface area contributed by atoms with Crippen LogP contribution >= 0.6 is 0 Å². The topological polar surface area (TPSA) is 54.0 Å². The van der Waals surface area contributed by atoms with E-state index in [1.165, 1.54) is 11.1 Å². The van der Waals surface area contributed by atoms with E-state index in [1.54, 1.807) is 0 Å². The summed E-state index contributed by atoms with van der Waals surface area (Å²) in [7, 11) is -1.02. The number of hydrogen-bond acceptors (Lipinski definition) is 3. The number of fused-ring (bicyclic) bond motifs is 2. The van der Waals surface area contributed by atoms with Crippen LogP contribution in [0.2, 0.25) is 0 Å². The number of pyridine rings is 1. The zero-order valence-corrected chi connectivity index (χ0v) is 20.6. The van der Waals surface area contributed by atoms with Crippen LogP contribution < -0.4 is 10.0 Å². The van der Waals surface area contributed by atoms with E-state index in [1.807, 2.05) is 25.3 Å². The Kier molecular flexibility index (Phi) is 7.28. The Labute approximate surface area is 209 Å². The molecule has 0 radical (unpaired) electrons. The summed E-state index contributed by atoms with van der Waals surface area (Å²) >= 11 is 0. The Morgan fingerprint density at radius 3 is 2.34 bits per heavy atom. The van der Waals surface area contributed by atoms with Gasteiger partial charge in [-0.3, -0.25) is 4.98 Å². The highest BCUT2D eigenvalue weighted by atomic mass is 32.2. The van der Waals surface area contributed by atoms with Gasteiger partial charge in [0.15, 0.2) is 0 Å². The zero-order valence-electron chi connectivity index (χ0n) is 19.8. The van der Waals surface area contributed by atoms with E-state index in [0.717, 1.165) is 40.1 Å². The summed E-state index contributed by atoms with van der Waals surface area (Å²) in [5, 5.41) is 3.81. The average molecular weight is 480 g/mol. The molecule has 0 bridgehead atoms. The molecule has 0 aliphatic heterocycles. The van der Waals surface area contributed by atoms with Crippen LogP contribution in [0.25, 0.3) is 23.3 Å². The quantitative estimate of drug-likeness (QED) is 0.332. The van der Waals surface area contributed by atoms with Crippen LogP contribution in [0.1, 0.15) is 46.5 Å². The number of nitrogens with zero attached hydrogens (tertiary/aromatic N) is 1. The maximum Gasteiger partial charge on any atom is 0.0915 e. The Bertz CT molecular complexity index is 1350. The van der Waals surface area contributed by atoms with E-state index in [-0.39, 0.29) is 6.04 Å². The second kappa shape index (κ2) is 10.9. The van der Waals surface area contributed by atoms with Crippen molar-refractivity contribution < 1.29 is 4.21 Å². The van der Waals surface area contributed by atoms with Crippen LogP contribution in [0.15, 0.2) is 91.1 Å². The Hall–Kier alpha value is -3.38. The first kappa shape index (κ1) is 23.4. The number of aromatic nitrogens is 1. The van der Waals surface area contributed by atoms with Gasteiger partial charge in [-0.2, -0.15) is 0 Å². The van der Waals surface area contributed by atoms with Crippen molar-refractivity contribution in [1.82, 2.24) is 15.0 Å². The average Bonchev–Trinajstić information content (AvgIpc) is 3.07. The first-order valence-electron chi connectivity index (χ1n) is 12.0. The van der Waals surface area contributed by atoms with Gasteiger partial charge in [-0.05, 0) is 45.5 Å². The van der Waals surface area contributed by atoms with Gasteiger partial charge in [0.1, 0.15) is 0 Å². The highest BCUT2D eigenvalue weighted by molar-refractivity contribution is 7.82. The predicted octanol–water partition coefficient (Wildman–Crippen LogP) is 5.88. The van der Waals surface area contributed by atoms with E-state index in [2.05, 4.69) is 95.0 Å². The van der Waals surface area contributed by atoms with E-state index >= 15 is 0 Å². The van der Waals surface area contributed by atoms with Crippen molar-refractivity contribution in [3.05, 3.63) is 125 Å². The van der Waals surface area contributed by atoms with Gasteiger partial charge in [0, 0.05) is 30.6 Å². The summed E-state index contributed by atoms with van der Waals surface area (Å²) in [4.78, 5) is 4.86. The Morgan fingerprint density at radius 1 is 0.800 bits per heavy atom. The van der Waals surface area contributed by atoms with Crippen molar-refractivity contribution in [2.45, 2.75) is 26.1 Å². The van der Waals surface area contributed by atoms with Crippen molar-refractivity contribution in [2.24, 2.45) is 0 Å². The smallest absolute Gasteiger partial charge is 0.0915 e. The van der Waals surface area contributed by atoms with Gasteiger partial charge < -0.3 is 5.32 Å². The third-order valence-corrected chi connectivity index (χ3v) is 7.29. The van der Waals surface area contributed by atoms with Crippen molar-refractivity contribution in [3.8, 4) is 11.1 Å². The van der Waals surface area contributed by atoms with Crippen LogP contribution in [0.4, 0.5) is 0 Å². The fourth-order valence-electron chi connectivity index (χ4n) is 4.43. The predicted molar refractivity (Wildman–Crippen MR) is 146 cm³/mol. The molecule has 1 aliphatic carbocycles. The maximum atomic E-state index is 12.0.